The van der Waals surface area contributed by atoms with Crippen molar-refractivity contribution in [2.24, 2.45) is 0 Å². The maximum absolute atomic E-state index is 11.3. The van der Waals surface area contributed by atoms with Crippen molar-refractivity contribution < 1.29 is 0 Å². The smallest absolute Gasteiger partial charge is 0.342 e. The molecule has 0 bridgehead atoms. The summed E-state index contributed by atoms with van der Waals surface area (Å²) in [5.74, 6) is 0.0690. The maximum Gasteiger partial charge on any atom is 0.342 e. The van der Waals surface area contributed by atoms with Crippen LogP contribution in [0.4, 0.5) is 5.82 Å². The number of benzene rings is 1. The predicted molar refractivity (Wildman–Crippen MR) is 64.3 cm³/mol. The second-order valence-corrected chi connectivity index (χ2v) is 3.77. The van der Waals surface area contributed by atoms with Crippen LogP contribution in [0.5, 0.6) is 0 Å². The van der Waals surface area contributed by atoms with E-state index in [1.165, 1.54) is 0 Å². The minimum absolute atomic E-state index is 0.0690. The van der Waals surface area contributed by atoms with Gasteiger partial charge in [-0.1, -0.05) is 23.7 Å². The lowest BCUT2D eigenvalue weighted by atomic mass is 10.2. The highest BCUT2D eigenvalue weighted by molar-refractivity contribution is 6.30. The number of hydrogen-bond acceptors (Lipinski definition) is 4. The first-order valence-corrected chi connectivity index (χ1v) is 5.20. The second-order valence-electron chi connectivity index (χ2n) is 3.34. The third kappa shape index (κ3) is 2.94. The van der Waals surface area contributed by atoms with Gasteiger partial charge in [-0.15, -0.1) is 5.10 Å². The lowest BCUT2D eigenvalue weighted by Crippen LogP contribution is -2.26. The Bertz CT molecular complexity index is 617. The Labute approximate surface area is 101 Å². The summed E-state index contributed by atoms with van der Waals surface area (Å²) in [5.41, 5.74) is -0.239. The van der Waals surface area contributed by atoms with Crippen molar-refractivity contribution in [2.75, 3.05) is 5.32 Å². The van der Waals surface area contributed by atoms with Gasteiger partial charge in [0.2, 0.25) is 5.82 Å². The Morgan fingerprint density at radius 1 is 1.24 bits per heavy atom. The molecule has 1 heterocycles. The van der Waals surface area contributed by atoms with E-state index in [2.05, 4.69) is 20.5 Å². The predicted octanol–water partition coefficient (Wildman–Crippen LogP) is 0.724. The van der Waals surface area contributed by atoms with Gasteiger partial charge in [0.1, 0.15) is 0 Å². The van der Waals surface area contributed by atoms with Crippen molar-refractivity contribution in [3.05, 3.63) is 55.7 Å². The van der Waals surface area contributed by atoms with E-state index in [1.54, 1.807) is 12.1 Å². The summed E-state index contributed by atoms with van der Waals surface area (Å²) in [6.45, 7) is 0.416. The molecule has 1 aromatic heterocycles. The Kier molecular flexibility index (Phi) is 3.24. The van der Waals surface area contributed by atoms with Crippen molar-refractivity contribution in [3.63, 3.8) is 0 Å². The molecule has 0 atom stereocenters. The molecule has 88 valence electrons. The fourth-order valence-electron chi connectivity index (χ4n) is 1.26. The van der Waals surface area contributed by atoms with Crippen LogP contribution in [0.1, 0.15) is 5.56 Å². The molecule has 0 radical (unpaired) electrons. The van der Waals surface area contributed by atoms with Crippen LogP contribution in [0.15, 0.2) is 33.9 Å². The first kappa shape index (κ1) is 11.4. The molecule has 0 fully saturated rings. The van der Waals surface area contributed by atoms with Crippen molar-refractivity contribution in [2.45, 2.75) is 6.54 Å². The highest BCUT2D eigenvalue weighted by Gasteiger charge is 2.01. The van der Waals surface area contributed by atoms with E-state index in [0.717, 1.165) is 5.56 Å². The van der Waals surface area contributed by atoms with Gasteiger partial charge in [-0.05, 0) is 17.7 Å². The summed E-state index contributed by atoms with van der Waals surface area (Å²) < 4.78 is 0. The summed E-state index contributed by atoms with van der Waals surface area (Å²) >= 11 is 5.74. The van der Waals surface area contributed by atoms with Gasteiger partial charge in [-0.3, -0.25) is 9.78 Å². The second kappa shape index (κ2) is 4.84. The number of H-pyrrole nitrogens is 2. The van der Waals surface area contributed by atoms with Crippen LogP contribution in [-0.4, -0.2) is 15.2 Å². The van der Waals surface area contributed by atoms with E-state index in [0.29, 0.717) is 11.6 Å². The summed E-state index contributed by atoms with van der Waals surface area (Å²) in [7, 11) is 0. The molecule has 0 aliphatic heterocycles. The molecule has 0 saturated carbocycles. The fraction of sp³-hybridized carbons (Fsp3) is 0.100. The van der Waals surface area contributed by atoms with Gasteiger partial charge in [0, 0.05) is 11.6 Å². The van der Waals surface area contributed by atoms with Crippen molar-refractivity contribution in [1.29, 1.82) is 0 Å². The van der Waals surface area contributed by atoms with E-state index < -0.39 is 11.2 Å². The molecular formula is C10H9ClN4O2. The molecule has 0 aliphatic rings. The van der Waals surface area contributed by atoms with Gasteiger partial charge in [0.15, 0.2) is 0 Å². The zero-order valence-corrected chi connectivity index (χ0v) is 9.41. The fourth-order valence-corrected chi connectivity index (χ4v) is 1.38. The monoisotopic (exact) mass is 252 g/mol. The number of aromatic amines is 2. The molecule has 17 heavy (non-hydrogen) atoms. The van der Waals surface area contributed by atoms with Gasteiger partial charge >= 0.3 is 5.69 Å². The highest BCUT2D eigenvalue weighted by Crippen LogP contribution is 2.09. The zero-order chi connectivity index (χ0) is 12.3. The molecule has 0 saturated heterocycles. The van der Waals surface area contributed by atoms with Crippen molar-refractivity contribution in [1.82, 2.24) is 15.2 Å². The van der Waals surface area contributed by atoms with Crippen molar-refractivity contribution in [3.8, 4) is 0 Å². The van der Waals surface area contributed by atoms with Crippen LogP contribution in [0, 0.1) is 0 Å². The first-order valence-electron chi connectivity index (χ1n) is 4.82. The summed E-state index contributed by atoms with van der Waals surface area (Å²) in [6.07, 6.45) is 0. The van der Waals surface area contributed by atoms with Crippen LogP contribution in [-0.2, 0) is 6.54 Å². The van der Waals surface area contributed by atoms with Crippen LogP contribution in [0.25, 0.3) is 0 Å². The largest absolute Gasteiger partial charge is 0.360 e. The average molecular weight is 253 g/mol. The molecule has 0 spiro atoms. The summed E-state index contributed by atoms with van der Waals surface area (Å²) in [5, 5.41) is 9.19. The number of anilines is 1. The van der Waals surface area contributed by atoms with Crippen molar-refractivity contribution >= 4 is 17.4 Å². The summed E-state index contributed by atoms with van der Waals surface area (Å²) in [6, 6.07) is 7.16. The number of nitrogens with zero attached hydrogens (tertiary/aromatic N) is 1. The van der Waals surface area contributed by atoms with E-state index in [9.17, 15) is 9.59 Å². The van der Waals surface area contributed by atoms with Gasteiger partial charge < -0.3 is 5.32 Å². The minimum atomic E-state index is -0.632. The Morgan fingerprint density at radius 3 is 2.59 bits per heavy atom. The Balaban J connectivity index is 2.10. The lowest BCUT2D eigenvalue weighted by Gasteiger charge is -2.03. The van der Waals surface area contributed by atoms with E-state index in [1.807, 2.05) is 12.1 Å². The Hall–Kier alpha value is -2.08. The normalized spacial score (nSPS) is 10.2. The molecule has 6 nitrogen and oxygen atoms in total. The third-order valence-corrected chi connectivity index (χ3v) is 2.34. The van der Waals surface area contributed by atoms with Crippen LogP contribution in [0.2, 0.25) is 5.02 Å². The van der Waals surface area contributed by atoms with E-state index >= 15 is 0 Å². The average Bonchev–Trinajstić information content (AvgIpc) is 2.30. The van der Waals surface area contributed by atoms with Crippen LogP contribution in [0.3, 0.4) is 0 Å². The molecule has 1 aromatic carbocycles. The first-order chi connectivity index (χ1) is 8.15. The van der Waals surface area contributed by atoms with Gasteiger partial charge in [0.25, 0.3) is 5.56 Å². The van der Waals surface area contributed by atoms with Gasteiger partial charge in [0.05, 0.1) is 0 Å². The molecule has 2 rings (SSSR count). The SMILES string of the molecule is O=c1[nH]nc(NCc2ccc(Cl)cc2)c(=O)[nH]1. The number of hydrogen-bond donors (Lipinski definition) is 3. The molecule has 7 heteroatoms. The molecule has 0 aliphatic carbocycles. The highest BCUT2D eigenvalue weighted by atomic mass is 35.5. The standard InChI is InChI=1S/C10H9ClN4O2/c11-7-3-1-6(2-4-7)5-12-8-9(16)13-10(17)15-14-8/h1-4H,5H2,(H,12,14)(H2,13,15,16,17). The molecular weight excluding hydrogens is 244 g/mol. The number of halogens is 1. The molecule has 2 aromatic rings. The van der Waals surface area contributed by atoms with Gasteiger partial charge in [-0.25, -0.2) is 9.89 Å². The minimum Gasteiger partial charge on any atom is -0.360 e. The molecule has 0 unspecified atom stereocenters. The topological polar surface area (TPSA) is 90.6 Å². The van der Waals surface area contributed by atoms with E-state index in [-0.39, 0.29) is 5.82 Å². The third-order valence-electron chi connectivity index (χ3n) is 2.08. The lowest BCUT2D eigenvalue weighted by molar-refractivity contribution is 0.883. The van der Waals surface area contributed by atoms with Gasteiger partial charge in [-0.2, -0.15) is 0 Å². The molecule has 3 N–H and O–H groups in total. The van der Waals surface area contributed by atoms with E-state index in [4.69, 9.17) is 11.6 Å². The number of aromatic nitrogens is 3. The number of nitrogens with one attached hydrogen (secondary N) is 3. The number of rotatable bonds is 3. The quantitative estimate of drug-likeness (QED) is 0.751. The zero-order valence-electron chi connectivity index (χ0n) is 8.66. The Morgan fingerprint density at radius 2 is 1.94 bits per heavy atom. The summed E-state index contributed by atoms with van der Waals surface area (Å²) in [4.78, 5) is 24.1. The van der Waals surface area contributed by atoms with Crippen LogP contribution < -0.4 is 16.6 Å². The van der Waals surface area contributed by atoms with Crippen LogP contribution >= 0.6 is 11.6 Å². The maximum atomic E-state index is 11.3. The molecule has 0 amide bonds.